The Labute approximate surface area is 101 Å². The molecule has 2 nitrogen and oxygen atoms in total. The molecule has 0 radical (unpaired) electrons. The first-order valence-electron chi connectivity index (χ1n) is 5.33. The van der Waals surface area contributed by atoms with Crippen LogP contribution >= 0.6 is 11.6 Å². The van der Waals surface area contributed by atoms with E-state index < -0.39 is 5.82 Å². The quantitative estimate of drug-likeness (QED) is 0.834. The number of nitrogens with one attached hydrogen (secondary N) is 1. The summed E-state index contributed by atoms with van der Waals surface area (Å²) < 4.78 is 12.9. The largest absolute Gasteiger partial charge is 0.384 e. The van der Waals surface area contributed by atoms with Crippen LogP contribution in [0.3, 0.4) is 0 Å². The van der Waals surface area contributed by atoms with Gasteiger partial charge in [-0.3, -0.25) is 0 Å². The zero-order chi connectivity index (χ0) is 12.2. The van der Waals surface area contributed by atoms with Crippen molar-refractivity contribution in [2.24, 2.45) is 11.1 Å². The maximum absolute atomic E-state index is 12.9. The van der Waals surface area contributed by atoms with Crippen LogP contribution in [0.5, 0.6) is 0 Å². The lowest BCUT2D eigenvalue weighted by molar-refractivity contribution is 0.365. The first-order chi connectivity index (χ1) is 7.44. The van der Waals surface area contributed by atoms with Crippen LogP contribution in [0.4, 0.5) is 10.1 Å². The minimum Gasteiger partial charge on any atom is -0.384 e. The number of hydrogen-bond donors (Lipinski definition) is 2. The predicted molar refractivity (Wildman–Crippen MR) is 67.4 cm³/mol. The molecule has 0 aliphatic carbocycles. The topological polar surface area (TPSA) is 38.0 Å². The Bertz CT molecular complexity index is 353. The molecule has 0 saturated carbocycles. The lowest BCUT2D eigenvalue weighted by Crippen LogP contribution is -2.26. The maximum Gasteiger partial charge on any atom is 0.141 e. The minimum atomic E-state index is -0.395. The normalized spacial score (nSPS) is 11.6. The van der Waals surface area contributed by atoms with Gasteiger partial charge >= 0.3 is 0 Å². The Morgan fingerprint density at radius 3 is 2.69 bits per heavy atom. The summed E-state index contributed by atoms with van der Waals surface area (Å²) in [6.07, 6.45) is 0.939. The standard InChI is InChI=1S/C12H18ClFN2/c1-12(2,5-6-15)8-16-9-3-4-11(14)10(13)7-9/h3-4,7,16H,5-6,8,15H2,1-2H3. The average molecular weight is 245 g/mol. The molecular weight excluding hydrogens is 227 g/mol. The number of nitrogens with two attached hydrogens (primary N) is 1. The molecule has 0 spiro atoms. The van der Waals surface area contributed by atoms with E-state index >= 15 is 0 Å². The summed E-state index contributed by atoms with van der Waals surface area (Å²) in [7, 11) is 0. The SMILES string of the molecule is CC(C)(CCN)CNc1ccc(F)c(Cl)c1. The summed E-state index contributed by atoms with van der Waals surface area (Å²) in [5.74, 6) is -0.395. The van der Waals surface area contributed by atoms with Crippen LogP contribution < -0.4 is 11.1 Å². The van der Waals surface area contributed by atoms with Crippen molar-refractivity contribution >= 4 is 17.3 Å². The summed E-state index contributed by atoms with van der Waals surface area (Å²) in [5, 5.41) is 3.37. The molecule has 1 aromatic carbocycles. The maximum atomic E-state index is 12.9. The second-order valence-corrected chi connectivity index (χ2v) is 5.09. The lowest BCUT2D eigenvalue weighted by atomic mass is 9.89. The van der Waals surface area contributed by atoms with Crippen LogP contribution in [0.15, 0.2) is 18.2 Å². The van der Waals surface area contributed by atoms with E-state index in [1.807, 2.05) is 0 Å². The van der Waals surface area contributed by atoms with Crippen molar-refractivity contribution in [3.63, 3.8) is 0 Å². The molecule has 0 aromatic heterocycles. The summed E-state index contributed by atoms with van der Waals surface area (Å²) in [5.41, 5.74) is 6.48. The van der Waals surface area contributed by atoms with Gasteiger partial charge in [-0.25, -0.2) is 4.39 Å². The molecule has 1 rings (SSSR count). The van der Waals surface area contributed by atoms with Crippen LogP contribution in [0, 0.1) is 11.2 Å². The van der Waals surface area contributed by atoms with Crippen molar-refractivity contribution in [1.82, 2.24) is 0 Å². The van der Waals surface area contributed by atoms with E-state index in [-0.39, 0.29) is 10.4 Å². The summed E-state index contributed by atoms with van der Waals surface area (Å²) in [4.78, 5) is 0. The molecule has 0 aliphatic heterocycles. The third-order valence-electron chi connectivity index (χ3n) is 2.51. The van der Waals surface area contributed by atoms with Crippen molar-refractivity contribution in [3.8, 4) is 0 Å². The summed E-state index contributed by atoms with van der Waals surface area (Å²) >= 11 is 5.69. The molecule has 4 heteroatoms. The van der Waals surface area contributed by atoms with E-state index in [0.717, 1.165) is 18.7 Å². The lowest BCUT2D eigenvalue weighted by Gasteiger charge is -2.24. The van der Waals surface area contributed by atoms with Gasteiger partial charge in [-0.1, -0.05) is 25.4 Å². The Kier molecular flexibility index (Phi) is 4.56. The number of halogens is 2. The minimum absolute atomic E-state index is 0.121. The van der Waals surface area contributed by atoms with Gasteiger partial charge in [0.05, 0.1) is 5.02 Å². The second-order valence-electron chi connectivity index (χ2n) is 4.69. The third-order valence-corrected chi connectivity index (χ3v) is 2.80. The highest BCUT2D eigenvalue weighted by molar-refractivity contribution is 6.31. The monoisotopic (exact) mass is 244 g/mol. The average Bonchev–Trinajstić information content (AvgIpc) is 2.20. The van der Waals surface area contributed by atoms with E-state index in [9.17, 15) is 4.39 Å². The molecule has 1 aromatic rings. The fourth-order valence-corrected chi connectivity index (χ4v) is 1.61. The number of benzene rings is 1. The zero-order valence-electron chi connectivity index (χ0n) is 9.69. The van der Waals surface area contributed by atoms with Crippen molar-refractivity contribution in [1.29, 1.82) is 0 Å². The van der Waals surface area contributed by atoms with Gasteiger partial charge < -0.3 is 11.1 Å². The smallest absolute Gasteiger partial charge is 0.141 e. The Morgan fingerprint density at radius 1 is 1.44 bits per heavy atom. The van der Waals surface area contributed by atoms with Gasteiger partial charge in [-0.15, -0.1) is 0 Å². The van der Waals surface area contributed by atoms with Gasteiger partial charge in [0.25, 0.3) is 0 Å². The highest BCUT2D eigenvalue weighted by Gasteiger charge is 2.16. The summed E-state index contributed by atoms with van der Waals surface area (Å²) in [6, 6.07) is 4.63. The molecule has 0 atom stereocenters. The molecule has 16 heavy (non-hydrogen) atoms. The van der Waals surface area contributed by atoms with Gasteiger partial charge in [0.1, 0.15) is 5.82 Å². The van der Waals surface area contributed by atoms with Gasteiger partial charge in [-0.05, 0) is 36.6 Å². The molecule has 0 aliphatic rings. The highest BCUT2D eigenvalue weighted by atomic mass is 35.5. The van der Waals surface area contributed by atoms with Crippen molar-refractivity contribution < 1.29 is 4.39 Å². The fraction of sp³-hybridized carbons (Fsp3) is 0.500. The van der Waals surface area contributed by atoms with Crippen molar-refractivity contribution in [2.75, 3.05) is 18.4 Å². The Morgan fingerprint density at radius 2 is 2.12 bits per heavy atom. The number of anilines is 1. The van der Waals surface area contributed by atoms with Gasteiger partial charge in [0.15, 0.2) is 0 Å². The van der Waals surface area contributed by atoms with Crippen LogP contribution in [-0.2, 0) is 0 Å². The molecular formula is C12H18ClFN2. The molecule has 0 fully saturated rings. The molecule has 3 N–H and O–H groups in total. The molecule has 0 bridgehead atoms. The molecule has 90 valence electrons. The predicted octanol–water partition coefficient (Wildman–Crippen LogP) is 3.27. The number of hydrogen-bond acceptors (Lipinski definition) is 2. The van der Waals surface area contributed by atoms with Crippen LogP contribution in [0.1, 0.15) is 20.3 Å². The Hall–Kier alpha value is -0.800. The Balaban J connectivity index is 2.57. The first kappa shape index (κ1) is 13.3. The van der Waals surface area contributed by atoms with E-state index in [0.29, 0.717) is 6.54 Å². The van der Waals surface area contributed by atoms with E-state index in [1.54, 1.807) is 12.1 Å². The second kappa shape index (κ2) is 5.51. The van der Waals surface area contributed by atoms with Crippen LogP contribution in [0.2, 0.25) is 5.02 Å². The van der Waals surface area contributed by atoms with Gasteiger partial charge in [-0.2, -0.15) is 0 Å². The van der Waals surface area contributed by atoms with Crippen molar-refractivity contribution in [3.05, 3.63) is 29.0 Å². The summed E-state index contributed by atoms with van der Waals surface area (Å²) in [6.45, 7) is 5.72. The van der Waals surface area contributed by atoms with Crippen LogP contribution in [0.25, 0.3) is 0 Å². The van der Waals surface area contributed by atoms with E-state index in [2.05, 4.69) is 19.2 Å². The van der Waals surface area contributed by atoms with Gasteiger partial charge in [0.2, 0.25) is 0 Å². The van der Waals surface area contributed by atoms with E-state index in [4.69, 9.17) is 17.3 Å². The molecule has 0 unspecified atom stereocenters. The molecule has 0 amide bonds. The van der Waals surface area contributed by atoms with Crippen LogP contribution in [-0.4, -0.2) is 13.1 Å². The van der Waals surface area contributed by atoms with Crippen molar-refractivity contribution in [2.45, 2.75) is 20.3 Å². The molecule has 0 saturated heterocycles. The van der Waals surface area contributed by atoms with E-state index in [1.165, 1.54) is 6.07 Å². The van der Waals surface area contributed by atoms with Gasteiger partial charge in [0, 0.05) is 12.2 Å². The zero-order valence-corrected chi connectivity index (χ0v) is 10.4. The number of rotatable bonds is 5. The first-order valence-corrected chi connectivity index (χ1v) is 5.71. The third kappa shape index (κ3) is 3.99. The highest BCUT2D eigenvalue weighted by Crippen LogP contribution is 2.23. The molecule has 0 heterocycles. The fourth-order valence-electron chi connectivity index (χ4n) is 1.43.